The summed E-state index contributed by atoms with van der Waals surface area (Å²) in [5.41, 5.74) is -0.316. The number of aliphatic hydroxyl groups excluding tert-OH is 2. The first kappa shape index (κ1) is 10.2. The van der Waals surface area contributed by atoms with Gasteiger partial charge in [-0.3, -0.25) is 0 Å². The fraction of sp³-hybridized carbons (Fsp3) is 0.833. The van der Waals surface area contributed by atoms with Gasteiger partial charge in [0.05, 0.1) is 13.2 Å². The Morgan fingerprint density at radius 2 is 1.86 bits per heavy atom. The third-order valence-electron chi connectivity index (χ3n) is 4.12. The Bertz CT molecular complexity index is 218. The van der Waals surface area contributed by atoms with Crippen LogP contribution in [0.2, 0.25) is 0 Å². The smallest absolute Gasteiger partial charge is 0.0546 e. The van der Waals surface area contributed by atoms with Crippen molar-refractivity contribution in [2.24, 2.45) is 17.3 Å². The van der Waals surface area contributed by atoms with Crippen LogP contribution in [0.1, 0.15) is 32.1 Å². The van der Waals surface area contributed by atoms with E-state index in [-0.39, 0.29) is 18.6 Å². The molecule has 14 heavy (non-hydrogen) atoms. The Morgan fingerprint density at radius 1 is 1.14 bits per heavy atom. The molecule has 0 aliphatic heterocycles. The lowest BCUT2D eigenvalue weighted by Gasteiger charge is -2.45. The first-order valence-corrected chi connectivity index (χ1v) is 5.72. The van der Waals surface area contributed by atoms with Gasteiger partial charge in [-0.25, -0.2) is 0 Å². The number of fused-ring (bicyclic) bond motifs is 1. The summed E-state index contributed by atoms with van der Waals surface area (Å²) in [4.78, 5) is 0. The van der Waals surface area contributed by atoms with E-state index in [0.717, 1.165) is 6.42 Å². The van der Waals surface area contributed by atoms with Crippen LogP contribution in [0.25, 0.3) is 0 Å². The third kappa shape index (κ3) is 1.51. The van der Waals surface area contributed by atoms with E-state index < -0.39 is 0 Å². The molecule has 0 radical (unpaired) electrons. The lowest BCUT2D eigenvalue weighted by Crippen LogP contribution is -2.43. The van der Waals surface area contributed by atoms with Gasteiger partial charge in [-0.15, -0.1) is 0 Å². The molecule has 2 N–H and O–H groups in total. The molecule has 0 amide bonds. The van der Waals surface area contributed by atoms with Crippen molar-refractivity contribution < 1.29 is 10.2 Å². The number of hydrogen-bond donors (Lipinski definition) is 2. The maximum absolute atomic E-state index is 9.47. The van der Waals surface area contributed by atoms with Crippen molar-refractivity contribution in [3.05, 3.63) is 12.2 Å². The molecule has 1 saturated carbocycles. The molecule has 2 unspecified atom stereocenters. The molecule has 80 valence electrons. The van der Waals surface area contributed by atoms with Crippen LogP contribution in [0.15, 0.2) is 12.2 Å². The Morgan fingerprint density at radius 3 is 2.57 bits per heavy atom. The Balaban J connectivity index is 2.22. The van der Waals surface area contributed by atoms with Crippen LogP contribution in [-0.4, -0.2) is 23.4 Å². The van der Waals surface area contributed by atoms with Crippen molar-refractivity contribution in [2.45, 2.75) is 32.1 Å². The molecule has 0 aromatic carbocycles. The molecule has 2 aliphatic rings. The van der Waals surface area contributed by atoms with Crippen LogP contribution in [-0.2, 0) is 0 Å². The van der Waals surface area contributed by atoms with E-state index in [0.29, 0.717) is 11.8 Å². The van der Waals surface area contributed by atoms with E-state index in [9.17, 15) is 10.2 Å². The quantitative estimate of drug-likeness (QED) is 0.660. The van der Waals surface area contributed by atoms with Crippen LogP contribution in [0.5, 0.6) is 0 Å². The van der Waals surface area contributed by atoms with Gasteiger partial charge in [-0.2, -0.15) is 0 Å². The molecule has 2 nitrogen and oxygen atoms in total. The Labute approximate surface area is 85.6 Å². The highest BCUT2D eigenvalue weighted by Gasteiger charge is 2.42. The summed E-state index contributed by atoms with van der Waals surface area (Å²) in [6, 6.07) is 0. The summed E-state index contributed by atoms with van der Waals surface area (Å²) in [6.07, 6.45) is 10.4. The zero-order valence-corrected chi connectivity index (χ0v) is 8.65. The number of hydrogen-bond acceptors (Lipinski definition) is 2. The van der Waals surface area contributed by atoms with E-state index in [4.69, 9.17) is 0 Å². The van der Waals surface area contributed by atoms with Crippen LogP contribution >= 0.6 is 0 Å². The van der Waals surface area contributed by atoms with E-state index in [1.165, 1.54) is 25.7 Å². The third-order valence-corrected chi connectivity index (χ3v) is 4.12. The van der Waals surface area contributed by atoms with Crippen LogP contribution in [0.3, 0.4) is 0 Å². The largest absolute Gasteiger partial charge is 0.395 e. The van der Waals surface area contributed by atoms with Gasteiger partial charge >= 0.3 is 0 Å². The second-order valence-corrected chi connectivity index (χ2v) is 4.84. The predicted molar refractivity (Wildman–Crippen MR) is 55.8 cm³/mol. The van der Waals surface area contributed by atoms with Crippen LogP contribution in [0, 0.1) is 17.3 Å². The fourth-order valence-corrected chi connectivity index (χ4v) is 3.24. The van der Waals surface area contributed by atoms with E-state index in [1.807, 2.05) is 0 Å². The Kier molecular flexibility index (Phi) is 2.93. The molecule has 2 heteroatoms. The second kappa shape index (κ2) is 4.03. The van der Waals surface area contributed by atoms with E-state index in [2.05, 4.69) is 12.2 Å². The predicted octanol–water partition coefficient (Wildman–Crippen LogP) is 1.72. The van der Waals surface area contributed by atoms with E-state index >= 15 is 0 Å². The number of allylic oxidation sites excluding steroid dienone is 1. The molecule has 0 aromatic rings. The zero-order valence-electron chi connectivity index (χ0n) is 8.65. The number of aliphatic hydroxyl groups is 2. The SMILES string of the molecule is OCC1(CO)C=CCC2CCCCC21. The maximum atomic E-state index is 9.47. The van der Waals surface area contributed by atoms with Gasteiger partial charge in [0.2, 0.25) is 0 Å². The zero-order chi connectivity index (χ0) is 10.0. The van der Waals surface area contributed by atoms with Crippen LogP contribution in [0.4, 0.5) is 0 Å². The average molecular weight is 196 g/mol. The summed E-state index contributed by atoms with van der Waals surface area (Å²) in [6.45, 7) is 0.197. The van der Waals surface area contributed by atoms with Crippen LogP contribution < -0.4 is 0 Å². The van der Waals surface area contributed by atoms with Gasteiger partial charge in [-0.05, 0) is 31.1 Å². The van der Waals surface area contributed by atoms with E-state index in [1.54, 1.807) is 0 Å². The van der Waals surface area contributed by atoms with Gasteiger partial charge in [0.1, 0.15) is 0 Å². The molecule has 0 saturated heterocycles. The monoisotopic (exact) mass is 196 g/mol. The van der Waals surface area contributed by atoms with Gasteiger partial charge < -0.3 is 10.2 Å². The average Bonchev–Trinajstić information content (AvgIpc) is 2.28. The summed E-state index contributed by atoms with van der Waals surface area (Å²) < 4.78 is 0. The summed E-state index contributed by atoms with van der Waals surface area (Å²) in [7, 11) is 0. The van der Waals surface area contributed by atoms with Gasteiger partial charge in [-0.1, -0.05) is 25.0 Å². The normalized spacial score (nSPS) is 35.3. The minimum atomic E-state index is -0.316. The van der Waals surface area contributed by atoms with Crippen molar-refractivity contribution >= 4 is 0 Å². The molecule has 1 fully saturated rings. The van der Waals surface area contributed by atoms with Crippen molar-refractivity contribution in [2.75, 3.05) is 13.2 Å². The molecule has 0 bridgehead atoms. The molecular formula is C12H20O2. The highest BCUT2D eigenvalue weighted by molar-refractivity contribution is 5.10. The molecule has 2 atom stereocenters. The van der Waals surface area contributed by atoms with Crippen molar-refractivity contribution in [3.63, 3.8) is 0 Å². The summed E-state index contributed by atoms with van der Waals surface area (Å²) in [5.74, 6) is 1.21. The number of rotatable bonds is 2. The maximum Gasteiger partial charge on any atom is 0.0546 e. The van der Waals surface area contributed by atoms with Gasteiger partial charge in [0.25, 0.3) is 0 Å². The lowest BCUT2D eigenvalue weighted by molar-refractivity contribution is -0.00570. The molecule has 0 aromatic heterocycles. The molecule has 0 heterocycles. The fourth-order valence-electron chi connectivity index (χ4n) is 3.24. The second-order valence-electron chi connectivity index (χ2n) is 4.84. The molecule has 2 aliphatic carbocycles. The first-order valence-electron chi connectivity index (χ1n) is 5.72. The minimum Gasteiger partial charge on any atom is -0.395 e. The van der Waals surface area contributed by atoms with Crippen molar-refractivity contribution in [1.29, 1.82) is 0 Å². The van der Waals surface area contributed by atoms with Crippen molar-refractivity contribution in [1.82, 2.24) is 0 Å². The first-order chi connectivity index (χ1) is 6.82. The van der Waals surface area contributed by atoms with Gasteiger partial charge in [0.15, 0.2) is 0 Å². The van der Waals surface area contributed by atoms with Crippen molar-refractivity contribution in [3.8, 4) is 0 Å². The highest BCUT2D eigenvalue weighted by atomic mass is 16.3. The topological polar surface area (TPSA) is 40.5 Å². The molecular weight excluding hydrogens is 176 g/mol. The van der Waals surface area contributed by atoms with Gasteiger partial charge in [0, 0.05) is 5.41 Å². The molecule has 0 spiro atoms. The minimum absolute atomic E-state index is 0.0984. The standard InChI is InChI=1S/C12H20O2/c13-8-12(9-14)7-3-5-10-4-1-2-6-11(10)12/h3,7,10-11,13-14H,1-2,4-6,8-9H2. The lowest BCUT2D eigenvalue weighted by atomic mass is 9.61. The molecule has 2 rings (SSSR count). The highest BCUT2D eigenvalue weighted by Crippen LogP contribution is 2.47. The summed E-state index contributed by atoms with van der Waals surface area (Å²) >= 11 is 0. The summed E-state index contributed by atoms with van der Waals surface area (Å²) in [5, 5.41) is 18.9. The Hall–Kier alpha value is -0.340.